The van der Waals surface area contributed by atoms with Gasteiger partial charge in [0.05, 0.1) is 5.92 Å². The molecule has 4 N–H and O–H groups in total. The maximum absolute atomic E-state index is 13.0. The first-order valence-electron chi connectivity index (χ1n) is 13.1. The summed E-state index contributed by atoms with van der Waals surface area (Å²) in [4.78, 5) is 0. The van der Waals surface area contributed by atoms with Crippen LogP contribution in [-0.4, -0.2) is 31.6 Å². The Morgan fingerprint density at radius 3 is 0.872 bits per heavy atom. The SMILES string of the molecule is OC(c1ccccc1)(c1ccccc1)C1(O)C(c2ccccc2)C1(O)C(O)(c1ccccc1)c1ccccc1. The highest BCUT2D eigenvalue weighted by molar-refractivity contribution is 5.61. The van der Waals surface area contributed by atoms with E-state index in [9.17, 15) is 20.4 Å². The summed E-state index contributed by atoms with van der Waals surface area (Å²) < 4.78 is 0. The average molecular weight is 515 g/mol. The molecule has 5 aromatic carbocycles. The van der Waals surface area contributed by atoms with Crippen molar-refractivity contribution in [3.8, 4) is 0 Å². The van der Waals surface area contributed by atoms with Crippen LogP contribution in [0.5, 0.6) is 0 Å². The van der Waals surface area contributed by atoms with E-state index >= 15 is 0 Å². The summed E-state index contributed by atoms with van der Waals surface area (Å²) in [6.45, 7) is 0. The first-order valence-corrected chi connectivity index (χ1v) is 13.1. The van der Waals surface area contributed by atoms with Crippen molar-refractivity contribution in [1.82, 2.24) is 0 Å². The summed E-state index contributed by atoms with van der Waals surface area (Å²) in [6, 6.07) is 44.6. The molecule has 5 aromatic rings. The van der Waals surface area contributed by atoms with Crippen molar-refractivity contribution in [2.24, 2.45) is 0 Å². The minimum atomic E-state index is -2.26. The Labute approximate surface area is 228 Å². The lowest BCUT2D eigenvalue weighted by Gasteiger charge is -2.42. The smallest absolute Gasteiger partial charge is 0.147 e. The Hall–Kier alpha value is -4.06. The maximum Gasteiger partial charge on any atom is 0.147 e. The molecule has 2 atom stereocenters. The van der Waals surface area contributed by atoms with E-state index in [1.807, 2.05) is 42.5 Å². The van der Waals surface area contributed by atoms with Crippen LogP contribution in [0.4, 0.5) is 0 Å². The van der Waals surface area contributed by atoms with Gasteiger partial charge >= 0.3 is 0 Å². The molecule has 2 unspecified atom stereocenters. The van der Waals surface area contributed by atoms with Crippen molar-refractivity contribution >= 4 is 0 Å². The molecule has 0 spiro atoms. The Morgan fingerprint density at radius 1 is 0.385 bits per heavy atom. The predicted octanol–water partition coefficient (Wildman–Crippen LogP) is 5.12. The van der Waals surface area contributed by atoms with Crippen LogP contribution in [0.1, 0.15) is 33.7 Å². The second kappa shape index (κ2) is 9.30. The van der Waals surface area contributed by atoms with Gasteiger partial charge in [-0.3, -0.25) is 0 Å². The van der Waals surface area contributed by atoms with Gasteiger partial charge in [-0.15, -0.1) is 0 Å². The molecule has 0 amide bonds. The maximum atomic E-state index is 13.0. The molecule has 0 radical (unpaired) electrons. The minimum Gasteiger partial charge on any atom is -0.382 e. The van der Waals surface area contributed by atoms with E-state index in [-0.39, 0.29) is 0 Å². The average Bonchev–Trinajstić information content (AvgIpc) is 3.55. The zero-order valence-corrected chi connectivity index (χ0v) is 21.3. The molecule has 4 heteroatoms. The van der Waals surface area contributed by atoms with E-state index in [0.717, 1.165) is 0 Å². The van der Waals surface area contributed by atoms with E-state index in [2.05, 4.69) is 0 Å². The van der Waals surface area contributed by atoms with E-state index in [1.165, 1.54) is 0 Å². The molecule has 0 aliphatic heterocycles. The molecule has 1 aliphatic carbocycles. The topological polar surface area (TPSA) is 80.9 Å². The number of rotatable bonds is 7. The quantitative estimate of drug-likeness (QED) is 0.243. The summed E-state index contributed by atoms with van der Waals surface area (Å²) in [5, 5.41) is 51.7. The lowest BCUT2D eigenvalue weighted by atomic mass is 9.72. The number of benzene rings is 5. The number of hydrogen-bond donors (Lipinski definition) is 4. The van der Waals surface area contributed by atoms with Crippen molar-refractivity contribution in [2.45, 2.75) is 28.3 Å². The van der Waals surface area contributed by atoms with Gasteiger partial charge in [0.15, 0.2) is 0 Å². The normalized spacial score (nSPS) is 22.8. The molecule has 0 aromatic heterocycles. The number of aliphatic hydroxyl groups is 4. The van der Waals surface area contributed by atoms with Crippen molar-refractivity contribution in [2.75, 3.05) is 0 Å². The second-order valence-electron chi connectivity index (χ2n) is 10.3. The predicted molar refractivity (Wildman–Crippen MR) is 151 cm³/mol. The van der Waals surface area contributed by atoms with Crippen LogP contribution in [0, 0.1) is 0 Å². The van der Waals surface area contributed by atoms with Crippen LogP contribution in [0.3, 0.4) is 0 Å². The van der Waals surface area contributed by atoms with E-state index in [4.69, 9.17) is 0 Å². The summed E-state index contributed by atoms with van der Waals surface area (Å²) in [7, 11) is 0. The molecule has 1 saturated carbocycles. The summed E-state index contributed by atoms with van der Waals surface area (Å²) >= 11 is 0. The molecule has 0 heterocycles. The molecule has 1 aliphatic rings. The van der Waals surface area contributed by atoms with Gasteiger partial charge in [0.1, 0.15) is 22.4 Å². The van der Waals surface area contributed by atoms with E-state index in [1.54, 1.807) is 109 Å². The van der Waals surface area contributed by atoms with Crippen molar-refractivity contribution in [3.05, 3.63) is 179 Å². The van der Waals surface area contributed by atoms with Crippen molar-refractivity contribution in [1.29, 1.82) is 0 Å². The third kappa shape index (κ3) is 3.40. The minimum absolute atomic E-state index is 0.402. The van der Waals surface area contributed by atoms with Crippen LogP contribution in [0.2, 0.25) is 0 Å². The Morgan fingerprint density at radius 2 is 0.615 bits per heavy atom. The zero-order valence-electron chi connectivity index (χ0n) is 21.3. The molecule has 39 heavy (non-hydrogen) atoms. The first kappa shape index (κ1) is 25.2. The van der Waals surface area contributed by atoms with Gasteiger partial charge in [-0.25, -0.2) is 0 Å². The Bertz CT molecular complexity index is 1360. The summed E-state index contributed by atoms with van der Waals surface area (Å²) in [5.41, 5.74) is -6.51. The van der Waals surface area contributed by atoms with Gasteiger partial charge in [0, 0.05) is 0 Å². The Balaban J connectivity index is 1.70. The lowest BCUT2D eigenvalue weighted by Crippen LogP contribution is -2.56. The summed E-state index contributed by atoms with van der Waals surface area (Å²) in [5.74, 6) is -1.07. The monoisotopic (exact) mass is 514 g/mol. The summed E-state index contributed by atoms with van der Waals surface area (Å²) in [6.07, 6.45) is 0. The van der Waals surface area contributed by atoms with Gasteiger partial charge < -0.3 is 20.4 Å². The fourth-order valence-electron chi connectivity index (χ4n) is 6.47. The van der Waals surface area contributed by atoms with Crippen LogP contribution >= 0.6 is 0 Å². The van der Waals surface area contributed by atoms with Gasteiger partial charge in [-0.1, -0.05) is 152 Å². The van der Waals surface area contributed by atoms with Gasteiger partial charge in [-0.05, 0) is 27.8 Å². The Kier molecular flexibility index (Phi) is 6.01. The van der Waals surface area contributed by atoms with Crippen LogP contribution in [0.15, 0.2) is 152 Å². The highest BCUT2D eigenvalue weighted by Crippen LogP contribution is 2.75. The largest absolute Gasteiger partial charge is 0.382 e. The van der Waals surface area contributed by atoms with E-state index < -0.39 is 28.3 Å². The molecule has 1 fully saturated rings. The van der Waals surface area contributed by atoms with Crippen LogP contribution < -0.4 is 0 Å². The fourth-order valence-corrected chi connectivity index (χ4v) is 6.47. The third-order valence-corrected chi connectivity index (χ3v) is 8.34. The molecule has 4 nitrogen and oxygen atoms in total. The first-order chi connectivity index (χ1) is 18.9. The van der Waals surface area contributed by atoms with Crippen LogP contribution in [0.25, 0.3) is 0 Å². The standard InChI is InChI=1S/C35H30O4/c36-32(27-18-8-2-9-19-27,28-20-10-3-11-21-28)34(38)31(26-16-6-1-7-17-26)35(34,39)33(37,29-22-12-4-13-23-29)30-24-14-5-15-25-30/h1-25,31,36-39H. The molecular formula is C35H30O4. The molecule has 6 rings (SSSR count). The van der Waals surface area contributed by atoms with Gasteiger partial charge in [0.25, 0.3) is 0 Å². The second-order valence-corrected chi connectivity index (χ2v) is 10.3. The van der Waals surface area contributed by atoms with Gasteiger partial charge in [-0.2, -0.15) is 0 Å². The van der Waals surface area contributed by atoms with Crippen molar-refractivity contribution < 1.29 is 20.4 Å². The number of hydrogen-bond acceptors (Lipinski definition) is 4. The molecule has 0 bridgehead atoms. The molecular weight excluding hydrogens is 484 g/mol. The van der Waals surface area contributed by atoms with Crippen LogP contribution in [-0.2, 0) is 11.2 Å². The van der Waals surface area contributed by atoms with Gasteiger partial charge in [0.2, 0.25) is 0 Å². The highest BCUT2D eigenvalue weighted by atomic mass is 16.4. The van der Waals surface area contributed by atoms with Crippen molar-refractivity contribution in [3.63, 3.8) is 0 Å². The zero-order chi connectivity index (χ0) is 27.1. The molecule has 194 valence electrons. The third-order valence-electron chi connectivity index (χ3n) is 8.34. The molecule has 0 saturated heterocycles. The fraction of sp³-hybridized carbons (Fsp3) is 0.143. The van der Waals surface area contributed by atoms with E-state index in [0.29, 0.717) is 27.8 Å². The lowest BCUT2D eigenvalue weighted by molar-refractivity contribution is -0.167. The highest BCUT2D eigenvalue weighted by Gasteiger charge is 2.90.